The lowest BCUT2D eigenvalue weighted by molar-refractivity contribution is 0.0794. The molecule has 1 fully saturated rings. The molecule has 27 heavy (non-hydrogen) atoms. The van der Waals surface area contributed by atoms with E-state index < -0.39 is 0 Å². The second-order valence-electron chi connectivity index (χ2n) is 6.65. The average molecular weight is 367 g/mol. The third-order valence-corrected chi connectivity index (χ3v) is 4.75. The molecule has 3 rings (SSSR count). The zero-order chi connectivity index (χ0) is 19.2. The van der Waals surface area contributed by atoms with Crippen molar-refractivity contribution in [2.75, 3.05) is 25.5 Å². The number of carbonyl (C=O) groups is 2. The summed E-state index contributed by atoms with van der Waals surface area (Å²) in [5.74, 6) is 0.745. The lowest BCUT2D eigenvalue weighted by Gasteiger charge is -2.19. The first-order chi connectivity index (χ1) is 13.1. The van der Waals surface area contributed by atoms with Crippen LogP contribution in [0.5, 0.6) is 5.75 Å². The van der Waals surface area contributed by atoms with Crippen molar-refractivity contribution in [3.63, 3.8) is 0 Å². The molecule has 2 aromatic rings. The third kappa shape index (κ3) is 4.58. The van der Waals surface area contributed by atoms with Gasteiger partial charge < -0.3 is 20.3 Å². The first-order valence-electron chi connectivity index (χ1n) is 9.15. The van der Waals surface area contributed by atoms with Crippen LogP contribution in [0.1, 0.15) is 34.3 Å². The molecule has 6 nitrogen and oxygen atoms in total. The van der Waals surface area contributed by atoms with Crippen LogP contribution in [0.25, 0.3) is 0 Å². The molecule has 0 spiro atoms. The van der Waals surface area contributed by atoms with Gasteiger partial charge in [0.05, 0.1) is 18.4 Å². The van der Waals surface area contributed by atoms with Crippen LogP contribution in [0.4, 0.5) is 10.5 Å². The van der Waals surface area contributed by atoms with Gasteiger partial charge in [0.15, 0.2) is 0 Å². The highest BCUT2D eigenvalue weighted by molar-refractivity contribution is 6.04. The minimum Gasteiger partial charge on any atom is -0.497 e. The van der Waals surface area contributed by atoms with E-state index in [0.29, 0.717) is 17.8 Å². The Bertz CT molecular complexity index is 812. The largest absolute Gasteiger partial charge is 0.497 e. The van der Waals surface area contributed by atoms with Gasteiger partial charge in [0, 0.05) is 19.6 Å². The summed E-state index contributed by atoms with van der Waals surface area (Å²) in [6.07, 6.45) is 2.06. The van der Waals surface area contributed by atoms with Crippen LogP contribution in [-0.2, 0) is 6.54 Å². The minimum absolute atomic E-state index is 0.0262. The summed E-state index contributed by atoms with van der Waals surface area (Å²) in [6, 6.07) is 12.7. The topological polar surface area (TPSA) is 70.7 Å². The Morgan fingerprint density at radius 1 is 1.07 bits per heavy atom. The molecule has 0 bridgehead atoms. The second kappa shape index (κ2) is 8.58. The van der Waals surface area contributed by atoms with Gasteiger partial charge in [-0.3, -0.25) is 4.79 Å². The highest BCUT2D eigenvalue weighted by Gasteiger charge is 2.23. The normalized spacial score (nSPS) is 13.3. The summed E-state index contributed by atoms with van der Waals surface area (Å²) in [5.41, 5.74) is 2.93. The molecular formula is C21H25N3O3. The quantitative estimate of drug-likeness (QED) is 0.849. The monoisotopic (exact) mass is 367 g/mol. The van der Waals surface area contributed by atoms with Crippen molar-refractivity contribution in [3.8, 4) is 5.75 Å². The highest BCUT2D eigenvalue weighted by Crippen LogP contribution is 2.24. The van der Waals surface area contributed by atoms with Gasteiger partial charge in [-0.25, -0.2) is 4.79 Å². The van der Waals surface area contributed by atoms with E-state index in [1.165, 1.54) is 0 Å². The molecule has 1 aliphatic rings. The number of anilines is 1. The number of benzene rings is 2. The Hall–Kier alpha value is -3.02. The van der Waals surface area contributed by atoms with E-state index in [9.17, 15) is 9.59 Å². The number of urea groups is 1. The molecule has 0 unspecified atom stereocenters. The first-order valence-corrected chi connectivity index (χ1v) is 9.15. The number of nitrogens with one attached hydrogen (secondary N) is 2. The summed E-state index contributed by atoms with van der Waals surface area (Å²) >= 11 is 0. The van der Waals surface area contributed by atoms with E-state index in [-0.39, 0.29) is 11.9 Å². The fourth-order valence-electron chi connectivity index (χ4n) is 3.19. The first kappa shape index (κ1) is 18.8. The van der Waals surface area contributed by atoms with Crippen molar-refractivity contribution >= 4 is 17.6 Å². The van der Waals surface area contributed by atoms with Gasteiger partial charge in [-0.2, -0.15) is 0 Å². The Balaban J connectivity index is 1.66. The molecule has 1 aliphatic heterocycles. The van der Waals surface area contributed by atoms with Crippen molar-refractivity contribution in [2.24, 2.45) is 0 Å². The molecule has 0 aliphatic carbocycles. The Labute approximate surface area is 159 Å². The molecule has 142 valence electrons. The highest BCUT2D eigenvalue weighted by atomic mass is 16.5. The Morgan fingerprint density at radius 2 is 1.78 bits per heavy atom. The molecule has 0 saturated carbocycles. The lowest BCUT2D eigenvalue weighted by atomic mass is 10.1. The Morgan fingerprint density at radius 3 is 2.44 bits per heavy atom. The van der Waals surface area contributed by atoms with E-state index in [0.717, 1.165) is 42.8 Å². The van der Waals surface area contributed by atoms with Crippen LogP contribution < -0.4 is 15.4 Å². The van der Waals surface area contributed by atoms with Gasteiger partial charge >= 0.3 is 6.03 Å². The summed E-state index contributed by atoms with van der Waals surface area (Å²) in [6.45, 7) is 3.82. The fourth-order valence-corrected chi connectivity index (χ4v) is 3.19. The molecule has 3 amide bonds. The number of nitrogens with zero attached hydrogens (tertiary/aromatic N) is 1. The SMILES string of the molecule is COc1ccc(CNC(=O)Nc2c(C)cccc2C(=O)N2CCCC2)cc1. The number of carbonyl (C=O) groups excluding carboxylic acids is 2. The maximum atomic E-state index is 12.8. The number of likely N-dealkylation sites (tertiary alicyclic amines) is 1. The van der Waals surface area contributed by atoms with Crippen LogP contribution >= 0.6 is 0 Å². The fraction of sp³-hybridized carbons (Fsp3) is 0.333. The van der Waals surface area contributed by atoms with Crippen molar-refractivity contribution in [1.29, 1.82) is 0 Å². The lowest BCUT2D eigenvalue weighted by Crippen LogP contribution is -2.32. The van der Waals surface area contributed by atoms with Crippen molar-refractivity contribution < 1.29 is 14.3 Å². The number of para-hydroxylation sites is 1. The summed E-state index contributed by atoms with van der Waals surface area (Å²) in [5, 5.41) is 5.69. The van der Waals surface area contributed by atoms with Crippen LogP contribution in [0, 0.1) is 6.92 Å². The van der Waals surface area contributed by atoms with Crippen molar-refractivity contribution in [2.45, 2.75) is 26.3 Å². The number of ether oxygens (including phenoxy) is 1. The van der Waals surface area contributed by atoms with Crippen molar-refractivity contribution in [3.05, 3.63) is 59.2 Å². The number of rotatable bonds is 5. The van der Waals surface area contributed by atoms with Gasteiger partial charge in [0.1, 0.15) is 5.75 Å². The maximum Gasteiger partial charge on any atom is 0.319 e. The summed E-state index contributed by atoms with van der Waals surface area (Å²) < 4.78 is 5.13. The molecule has 0 atom stereocenters. The number of hydrogen-bond donors (Lipinski definition) is 2. The van der Waals surface area contributed by atoms with E-state index in [2.05, 4.69) is 10.6 Å². The van der Waals surface area contributed by atoms with E-state index >= 15 is 0 Å². The van der Waals surface area contributed by atoms with E-state index in [1.807, 2.05) is 48.2 Å². The molecule has 0 radical (unpaired) electrons. The maximum absolute atomic E-state index is 12.8. The van der Waals surface area contributed by atoms with Gasteiger partial charge in [-0.1, -0.05) is 24.3 Å². The molecular weight excluding hydrogens is 342 g/mol. The van der Waals surface area contributed by atoms with Crippen LogP contribution in [0.15, 0.2) is 42.5 Å². The minimum atomic E-state index is -0.337. The van der Waals surface area contributed by atoms with Crippen LogP contribution in [0.2, 0.25) is 0 Å². The predicted octanol–water partition coefficient (Wildman–Crippen LogP) is 3.56. The average Bonchev–Trinajstić information content (AvgIpc) is 3.22. The predicted molar refractivity (Wildman–Crippen MR) is 105 cm³/mol. The molecule has 1 heterocycles. The summed E-state index contributed by atoms with van der Waals surface area (Å²) in [4.78, 5) is 27.0. The molecule has 2 aromatic carbocycles. The molecule has 2 N–H and O–H groups in total. The Kier molecular flexibility index (Phi) is 5.96. The van der Waals surface area contributed by atoms with Gasteiger partial charge in [-0.05, 0) is 49.1 Å². The zero-order valence-electron chi connectivity index (χ0n) is 15.7. The third-order valence-electron chi connectivity index (χ3n) is 4.75. The zero-order valence-corrected chi connectivity index (χ0v) is 15.7. The summed E-state index contributed by atoms with van der Waals surface area (Å²) in [7, 11) is 1.62. The van der Waals surface area contributed by atoms with Gasteiger partial charge in [0.2, 0.25) is 0 Å². The molecule has 6 heteroatoms. The number of methoxy groups -OCH3 is 1. The molecule has 0 aromatic heterocycles. The van der Waals surface area contributed by atoms with Crippen LogP contribution in [0.3, 0.4) is 0 Å². The number of amides is 3. The van der Waals surface area contributed by atoms with Crippen molar-refractivity contribution in [1.82, 2.24) is 10.2 Å². The second-order valence-corrected chi connectivity index (χ2v) is 6.65. The number of aryl methyl sites for hydroxylation is 1. The van der Waals surface area contributed by atoms with Crippen LogP contribution in [-0.4, -0.2) is 37.0 Å². The van der Waals surface area contributed by atoms with E-state index in [1.54, 1.807) is 13.2 Å². The number of hydrogen-bond acceptors (Lipinski definition) is 3. The van der Waals surface area contributed by atoms with Gasteiger partial charge in [-0.15, -0.1) is 0 Å². The van der Waals surface area contributed by atoms with Gasteiger partial charge in [0.25, 0.3) is 5.91 Å². The smallest absolute Gasteiger partial charge is 0.319 e. The van der Waals surface area contributed by atoms with E-state index in [4.69, 9.17) is 4.74 Å². The molecule has 1 saturated heterocycles. The standard InChI is InChI=1S/C21H25N3O3/c1-15-6-5-7-18(20(25)24-12-3-4-13-24)19(15)23-21(26)22-14-16-8-10-17(27-2)11-9-16/h5-11H,3-4,12-14H2,1-2H3,(H2,22,23,26).